The Bertz CT molecular complexity index is 227. The maximum absolute atomic E-state index is 4.50. The van der Waals surface area contributed by atoms with Crippen LogP contribution >= 0.6 is 0 Å². The number of allylic oxidation sites excluding steroid dienone is 2. The molecule has 1 atom stereocenters. The highest BCUT2D eigenvalue weighted by molar-refractivity contribution is 5.93. The Morgan fingerprint density at radius 3 is 2.33 bits per heavy atom. The van der Waals surface area contributed by atoms with Gasteiger partial charge in [0.15, 0.2) is 0 Å². The Morgan fingerprint density at radius 2 is 1.87 bits per heavy atom. The largest absolute Gasteiger partial charge is 0.386 e. The number of aliphatic imine (C=N–C) groups is 1. The standard InChI is InChI=1S/C13H26N2/c1-7-11(4)15-13(6)8-12(5)14-9-10(2)3/h8,10-11,15H,7,9H2,1-6H3/b13-8-,14-12?. The van der Waals surface area contributed by atoms with Gasteiger partial charge in [-0.15, -0.1) is 0 Å². The normalized spacial score (nSPS) is 15.7. The molecular weight excluding hydrogens is 184 g/mol. The van der Waals surface area contributed by atoms with Crippen LogP contribution in [0.25, 0.3) is 0 Å². The van der Waals surface area contributed by atoms with Gasteiger partial charge in [-0.3, -0.25) is 4.99 Å². The van der Waals surface area contributed by atoms with E-state index in [-0.39, 0.29) is 0 Å². The lowest BCUT2D eigenvalue weighted by molar-refractivity contribution is 0.596. The molecule has 0 fully saturated rings. The van der Waals surface area contributed by atoms with Crippen molar-refractivity contribution in [3.05, 3.63) is 11.8 Å². The third-order valence-corrected chi connectivity index (χ3v) is 2.22. The van der Waals surface area contributed by atoms with Gasteiger partial charge >= 0.3 is 0 Å². The Morgan fingerprint density at radius 1 is 1.27 bits per heavy atom. The second-order valence-corrected chi connectivity index (χ2v) is 4.66. The molecule has 0 rings (SSSR count). The molecule has 0 radical (unpaired) electrons. The lowest BCUT2D eigenvalue weighted by Gasteiger charge is -2.13. The highest BCUT2D eigenvalue weighted by Gasteiger charge is 1.97. The average molecular weight is 210 g/mol. The van der Waals surface area contributed by atoms with Gasteiger partial charge in [0.1, 0.15) is 0 Å². The molecule has 0 aliphatic heterocycles. The van der Waals surface area contributed by atoms with E-state index in [1.54, 1.807) is 0 Å². The van der Waals surface area contributed by atoms with Crippen LogP contribution in [-0.4, -0.2) is 18.3 Å². The fraction of sp³-hybridized carbons (Fsp3) is 0.769. The number of hydrogen-bond donors (Lipinski definition) is 1. The Balaban J connectivity index is 4.16. The summed E-state index contributed by atoms with van der Waals surface area (Å²) in [5.41, 5.74) is 2.31. The number of nitrogens with one attached hydrogen (secondary N) is 1. The lowest BCUT2D eigenvalue weighted by Crippen LogP contribution is -2.23. The van der Waals surface area contributed by atoms with Gasteiger partial charge < -0.3 is 5.32 Å². The Kier molecular flexibility index (Phi) is 7.10. The van der Waals surface area contributed by atoms with Crippen molar-refractivity contribution in [3.63, 3.8) is 0 Å². The molecule has 1 N–H and O–H groups in total. The molecular formula is C13H26N2. The summed E-state index contributed by atoms with van der Waals surface area (Å²) in [4.78, 5) is 4.50. The summed E-state index contributed by atoms with van der Waals surface area (Å²) in [7, 11) is 0. The molecule has 0 saturated heterocycles. The third-order valence-electron chi connectivity index (χ3n) is 2.22. The van der Waals surface area contributed by atoms with Crippen molar-refractivity contribution in [3.8, 4) is 0 Å². The van der Waals surface area contributed by atoms with E-state index in [1.165, 1.54) is 5.70 Å². The summed E-state index contributed by atoms with van der Waals surface area (Å²) in [5.74, 6) is 0.635. The predicted octanol–water partition coefficient (Wildman–Crippen LogP) is 3.40. The zero-order valence-electron chi connectivity index (χ0n) is 11.1. The molecule has 0 bridgehead atoms. The van der Waals surface area contributed by atoms with Crippen LogP contribution in [0.1, 0.15) is 48.0 Å². The zero-order chi connectivity index (χ0) is 11.8. The van der Waals surface area contributed by atoms with Crippen LogP contribution < -0.4 is 5.32 Å². The van der Waals surface area contributed by atoms with Crippen molar-refractivity contribution in [1.29, 1.82) is 0 Å². The van der Waals surface area contributed by atoms with Crippen LogP contribution in [0, 0.1) is 5.92 Å². The van der Waals surface area contributed by atoms with Crippen molar-refractivity contribution in [2.24, 2.45) is 10.9 Å². The van der Waals surface area contributed by atoms with Crippen molar-refractivity contribution < 1.29 is 0 Å². The summed E-state index contributed by atoms with van der Waals surface area (Å²) < 4.78 is 0. The first-order valence-electron chi connectivity index (χ1n) is 5.91. The van der Waals surface area contributed by atoms with Gasteiger partial charge in [0.05, 0.1) is 0 Å². The van der Waals surface area contributed by atoms with Gasteiger partial charge in [0.2, 0.25) is 0 Å². The summed E-state index contributed by atoms with van der Waals surface area (Å²) in [5, 5.41) is 3.43. The Labute approximate surface area is 94.9 Å². The smallest absolute Gasteiger partial charge is 0.0415 e. The van der Waals surface area contributed by atoms with Crippen LogP contribution in [-0.2, 0) is 0 Å². The van der Waals surface area contributed by atoms with Crippen LogP contribution in [0.4, 0.5) is 0 Å². The maximum atomic E-state index is 4.50. The number of hydrogen-bond acceptors (Lipinski definition) is 2. The van der Waals surface area contributed by atoms with E-state index >= 15 is 0 Å². The number of rotatable bonds is 6. The van der Waals surface area contributed by atoms with Crippen LogP contribution in [0.3, 0.4) is 0 Å². The minimum absolute atomic E-state index is 0.541. The van der Waals surface area contributed by atoms with E-state index in [9.17, 15) is 0 Å². The van der Waals surface area contributed by atoms with E-state index in [2.05, 4.69) is 57.9 Å². The molecule has 0 aliphatic rings. The minimum atomic E-state index is 0.541. The summed E-state index contributed by atoms with van der Waals surface area (Å²) >= 11 is 0. The van der Waals surface area contributed by atoms with Gasteiger partial charge in [-0.2, -0.15) is 0 Å². The van der Waals surface area contributed by atoms with Gasteiger partial charge in [-0.1, -0.05) is 20.8 Å². The quantitative estimate of drug-likeness (QED) is 0.668. The first kappa shape index (κ1) is 14.2. The molecule has 88 valence electrons. The third kappa shape index (κ3) is 8.22. The first-order valence-corrected chi connectivity index (χ1v) is 5.91. The zero-order valence-corrected chi connectivity index (χ0v) is 11.1. The summed E-state index contributed by atoms with van der Waals surface area (Å²) in [6.07, 6.45) is 3.27. The Hall–Kier alpha value is -0.790. The van der Waals surface area contributed by atoms with Crippen molar-refractivity contribution in [2.75, 3.05) is 6.54 Å². The van der Waals surface area contributed by atoms with E-state index < -0.39 is 0 Å². The van der Waals surface area contributed by atoms with Gasteiger partial charge in [-0.05, 0) is 39.2 Å². The molecule has 0 aromatic carbocycles. The van der Waals surface area contributed by atoms with Gasteiger partial charge in [-0.25, -0.2) is 0 Å². The highest BCUT2D eigenvalue weighted by atomic mass is 14.9. The highest BCUT2D eigenvalue weighted by Crippen LogP contribution is 1.97. The van der Waals surface area contributed by atoms with Crippen LogP contribution in [0.5, 0.6) is 0 Å². The van der Waals surface area contributed by atoms with Crippen LogP contribution in [0.15, 0.2) is 16.8 Å². The van der Waals surface area contributed by atoms with E-state index in [0.29, 0.717) is 12.0 Å². The fourth-order valence-corrected chi connectivity index (χ4v) is 1.22. The monoisotopic (exact) mass is 210 g/mol. The fourth-order valence-electron chi connectivity index (χ4n) is 1.22. The lowest BCUT2D eigenvalue weighted by atomic mass is 10.2. The van der Waals surface area contributed by atoms with Gasteiger partial charge in [0, 0.05) is 24.0 Å². The SMILES string of the molecule is CCC(C)N/C(C)=C\C(C)=NCC(C)C. The molecule has 0 heterocycles. The predicted molar refractivity (Wildman–Crippen MR) is 69.5 cm³/mol. The maximum Gasteiger partial charge on any atom is 0.0415 e. The van der Waals surface area contributed by atoms with Crippen molar-refractivity contribution >= 4 is 5.71 Å². The molecule has 0 aliphatic carbocycles. The van der Waals surface area contributed by atoms with Crippen LogP contribution in [0.2, 0.25) is 0 Å². The second kappa shape index (κ2) is 7.49. The number of nitrogens with zero attached hydrogens (tertiary/aromatic N) is 1. The first-order chi connectivity index (χ1) is 6.95. The molecule has 0 aromatic heterocycles. The topological polar surface area (TPSA) is 24.4 Å². The van der Waals surface area contributed by atoms with E-state index in [1.807, 2.05) is 0 Å². The molecule has 0 spiro atoms. The van der Waals surface area contributed by atoms with E-state index in [4.69, 9.17) is 0 Å². The molecule has 0 saturated carbocycles. The average Bonchev–Trinajstić information content (AvgIpc) is 2.14. The summed E-state index contributed by atoms with van der Waals surface area (Å²) in [6, 6.07) is 0.541. The molecule has 0 amide bonds. The van der Waals surface area contributed by atoms with E-state index in [0.717, 1.165) is 18.7 Å². The molecule has 2 heteroatoms. The van der Waals surface area contributed by atoms with Gasteiger partial charge in [0.25, 0.3) is 0 Å². The molecule has 0 aromatic rings. The van der Waals surface area contributed by atoms with Crippen molar-refractivity contribution in [1.82, 2.24) is 5.32 Å². The summed E-state index contributed by atoms with van der Waals surface area (Å²) in [6.45, 7) is 13.8. The molecule has 1 unspecified atom stereocenters. The molecule has 2 nitrogen and oxygen atoms in total. The van der Waals surface area contributed by atoms with Crippen molar-refractivity contribution in [2.45, 2.75) is 54.0 Å². The minimum Gasteiger partial charge on any atom is -0.386 e. The molecule has 15 heavy (non-hydrogen) atoms. The second-order valence-electron chi connectivity index (χ2n) is 4.66.